The van der Waals surface area contributed by atoms with Gasteiger partial charge in [0.1, 0.15) is 5.75 Å². The number of rotatable bonds is 2. The van der Waals surface area contributed by atoms with Crippen LogP contribution in [0.4, 0.5) is 0 Å². The van der Waals surface area contributed by atoms with E-state index in [9.17, 15) is 5.11 Å². The summed E-state index contributed by atoms with van der Waals surface area (Å²) in [6, 6.07) is 1.77. The summed E-state index contributed by atoms with van der Waals surface area (Å²) in [5, 5.41) is 13.7. The normalized spacial score (nSPS) is 24.7. The molecular weight excluding hydrogens is 255 g/mol. The van der Waals surface area contributed by atoms with Crippen LogP contribution in [0, 0.1) is 0 Å². The molecule has 0 amide bonds. The molecule has 1 aromatic heterocycles. The molecular formula is C14H21BN2O3. The maximum atomic E-state index is 10.5. The Balaban J connectivity index is 1.92. The molecule has 0 spiro atoms. The van der Waals surface area contributed by atoms with E-state index < -0.39 is 18.3 Å². The average molecular weight is 276 g/mol. The van der Waals surface area contributed by atoms with Crippen LogP contribution in [0.2, 0.25) is 0 Å². The largest absolute Gasteiger partial charge is 0.506 e. The highest BCUT2D eigenvalue weighted by molar-refractivity contribution is 6.63. The molecule has 0 saturated carbocycles. The Bertz CT molecular complexity index is 513. The molecule has 108 valence electrons. The highest BCUT2D eigenvalue weighted by Gasteiger charge is 2.52. The number of hydrogen-bond donors (Lipinski definition) is 2. The second-order valence-corrected chi connectivity index (χ2v) is 6.58. The van der Waals surface area contributed by atoms with Crippen LogP contribution in [-0.2, 0) is 9.31 Å². The van der Waals surface area contributed by atoms with Gasteiger partial charge in [0.05, 0.1) is 16.9 Å². The van der Waals surface area contributed by atoms with Gasteiger partial charge in [-0.05, 0) is 33.8 Å². The maximum absolute atomic E-state index is 10.5. The van der Waals surface area contributed by atoms with Gasteiger partial charge in [-0.2, -0.15) is 0 Å². The molecule has 20 heavy (non-hydrogen) atoms. The smallest absolute Gasteiger partial charge is 0.498 e. The summed E-state index contributed by atoms with van der Waals surface area (Å²) >= 11 is 0. The molecule has 5 nitrogen and oxygen atoms in total. The summed E-state index contributed by atoms with van der Waals surface area (Å²) in [5.41, 5.74) is 0.577. The molecule has 2 aliphatic heterocycles. The van der Waals surface area contributed by atoms with Crippen molar-refractivity contribution in [3.63, 3.8) is 0 Å². The third-order valence-corrected chi connectivity index (χ3v) is 4.66. The van der Waals surface area contributed by atoms with Gasteiger partial charge in [-0.3, -0.25) is 4.98 Å². The minimum Gasteiger partial charge on any atom is -0.506 e. The predicted molar refractivity (Wildman–Crippen MR) is 77.2 cm³/mol. The van der Waals surface area contributed by atoms with Gasteiger partial charge in [0.25, 0.3) is 0 Å². The monoisotopic (exact) mass is 276 g/mol. The number of nitrogens with one attached hydrogen (secondary N) is 1. The summed E-state index contributed by atoms with van der Waals surface area (Å²) in [5.74, 6) is 0.481. The molecule has 2 saturated heterocycles. The zero-order valence-corrected chi connectivity index (χ0v) is 12.4. The van der Waals surface area contributed by atoms with E-state index in [1.54, 1.807) is 12.3 Å². The minimum atomic E-state index is -0.546. The molecule has 3 heterocycles. The van der Waals surface area contributed by atoms with Gasteiger partial charge in [0.2, 0.25) is 0 Å². The number of nitrogens with zero attached hydrogens (tertiary/aromatic N) is 1. The van der Waals surface area contributed by atoms with E-state index >= 15 is 0 Å². The number of aromatic hydroxyl groups is 1. The molecule has 2 N–H and O–H groups in total. The van der Waals surface area contributed by atoms with Crippen molar-refractivity contribution in [1.29, 1.82) is 0 Å². The van der Waals surface area contributed by atoms with E-state index in [0.29, 0.717) is 5.46 Å². The Morgan fingerprint density at radius 1 is 1.25 bits per heavy atom. The van der Waals surface area contributed by atoms with Gasteiger partial charge in [0.15, 0.2) is 0 Å². The van der Waals surface area contributed by atoms with Crippen molar-refractivity contribution in [1.82, 2.24) is 10.3 Å². The zero-order valence-electron chi connectivity index (χ0n) is 12.4. The zero-order chi connectivity index (χ0) is 14.5. The molecule has 2 fully saturated rings. The third kappa shape index (κ3) is 2.03. The second-order valence-electron chi connectivity index (χ2n) is 6.58. The van der Waals surface area contributed by atoms with Crippen LogP contribution in [0.3, 0.4) is 0 Å². The summed E-state index contributed by atoms with van der Waals surface area (Å²) in [6.45, 7) is 9.72. The molecule has 6 heteroatoms. The summed E-state index contributed by atoms with van der Waals surface area (Å²) in [4.78, 5) is 4.30. The Labute approximate surface area is 119 Å². The van der Waals surface area contributed by atoms with Crippen LogP contribution in [0.1, 0.15) is 39.3 Å². The van der Waals surface area contributed by atoms with Crippen LogP contribution in [0.5, 0.6) is 5.75 Å². The van der Waals surface area contributed by atoms with Crippen molar-refractivity contribution >= 4 is 12.6 Å². The first-order valence-corrected chi connectivity index (χ1v) is 7.06. The quantitative estimate of drug-likeness (QED) is 0.781. The van der Waals surface area contributed by atoms with Crippen LogP contribution in [0.25, 0.3) is 0 Å². The third-order valence-electron chi connectivity index (χ3n) is 4.66. The molecule has 0 aliphatic carbocycles. The maximum Gasteiger partial charge on any atom is 0.498 e. The fraction of sp³-hybridized carbons (Fsp3) is 0.643. The molecule has 3 rings (SSSR count). The van der Waals surface area contributed by atoms with Gasteiger partial charge in [-0.1, -0.05) is 0 Å². The molecule has 0 unspecified atom stereocenters. The van der Waals surface area contributed by atoms with E-state index in [0.717, 1.165) is 18.8 Å². The molecule has 2 aliphatic rings. The Morgan fingerprint density at radius 3 is 2.35 bits per heavy atom. The topological polar surface area (TPSA) is 63.6 Å². The lowest BCUT2D eigenvalue weighted by Gasteiger charge is -2.32. The average Bonchev–Trinajstić information content (AvgIpc) is 2.48. The highest BCUT2D eigenvalue weighted by Crippen LogP contribution is 2.37. The molecule has 0 atom stereocenters. The molecule has 0 radical (unpaired) electrons. The van der Waals surface area contributed by atoms with Crippen LogP contribution in [0.15, 0.2) is 12.3 Å². The Kier molecular flexibility index (Phi) is 3.08. The molecule has 1 aromatic rings. The van der Waals surface area contributed by atoms with Crippen LogP contribution < -0.4 is 10.8 Å². The van der Waals surface area contributed by atoms with Gasteiger partial charge in [0, 0.05) is 30.7 Å². The van der Waals surface area contributed by atoms with Crippen molar-refractivity contribution in [3.05, 3.63) is 18.0 Å². The fourth-order valence-electron chi connectivity index (χ4n) is 2.43. The van der Waals surface area contributed by atoms with Gasteiger partial charge < -0.3 is 19.7 Å². The van der Waals surface area contributed by atoms with Crippen molar-refractivity contribution in [2.45, 2.75) is 44.8 Å². The van der Waals surface area contributed by atoms with E-state index in [2.05, 4.69) is 10.3 Å². The first-order valence-electron chi connectivity index (χ1n) is 7.06. The number of pyridine rings is 1. The van der Waals surface area contributed by atoms with Gasteiger partial charge in [-0.25, -0.2) is 0 Å². The van der Waals surface area contributed by atoms with Gasteiger partial charge in [-0.15, -0.1) is 0 Å². The van der Waals surface area contributed by atoms with Crippen molar-refractivity contribution in [2.24, 2.45) is 0 Å². The van der Waals surface area contributed by atoms with E-state index in [4.69, 9.17) is 9.31 Å². The minimum absolute atomic E-state index is 0.206. The van der Waals surface area contributed by atoms with Crippen molar-refractivity contribution in [3.8, 4) is 5.75 Å². The molecule has 0 aromatic carbocycles. The lowest BCUT2D eigenvalue weighted by atomic mass is 9.77. The van der Waals surface area contributed by atoms with E-state index in [1.807, 2.05) is 27.7 Å². The van der Waals surface area contributed by atoms with E-state index in [1.165, 1.54) is 0 Å². The van der Waals surface area contributed by atoms with E-state index in [-0.39, 0.29) is 11.7 Å². The first kappa shape index (κ1) is 13.9. The van der Waals surface area contributed by atoms with Crippen molar-refractivity contribution in [2.75, 3.05) is 13.1 Å². The van der Waals surface area contributed by atoms with Crippen LogP contribution in [-0.4, -0.2) is 41.5 Å². The van der Waals surface area contributed by atoms with Crippen LogP contribution >= 0.6 is 0 Å². The summed E-state index contributed by atoms with van der Waals surface area (Å²) in [7, 11) is -0.546. The SMILES string of the molecule is CC1(C)OB(c2ccnc(C3CNC3)c2O)OC1(C)C. The Hall–Kier alpha value is -1.11. The lowest BCUT2D eigenvalue weighted by molar-refractivity contribution is 0.00578. The first-order chi connectivity index (χ1) is 9.32. The highest BCUT2D eigenvalue weighted by atomic mass is 16.7. The number of aromatic nitrogens is 1. The molecule has 0 bridgehead atoms. The van der Waals surface area contributed by atoms with Crippen molar-refractivity contribution < 1.29 is 14.4 Å². The summed E-state index contributed by atoms with van der Waals surface area (Å²) in [6.07, 6.45) is 1.72. The summed E-state index contributed by atoms with van der Waals surface area (Å²) < 4.78 is 12.0. The standard InChI is InChI=1S/C14H21BN2O3/c1-13(2)14(3,4)20-15(19-13)10-5-6-17-11(12(10)18)9-7-16-8-9/h5-6,9,16,18H,7-8H2,1-4H3. The Morgan fingerprint density at radius 2 is 1.85 bits per heavy atom. The second kappa shape index (κ2) is 4.45. The predicted octanol–water partition coefficient (Wildman–Crippen LogP) is 0.773. The van der Waals surface area contributed by atoms with Gasteiger partial charge >= 0.3 is 7.12 Å². The number of hydrogen-bond acceptors (Lipinski definition) is 5. The fourth-order valence-corrected chi connectivity index (χ4v) is 2.43. The lowest BCUT2D eigenvalue weighted by Crippen LogP contribution is -2.42.